The van der Waals surface area contributed by atoms with Crippen LogP contribution in [0, 0.1) is 5.82 Å². The lowest BCUT2D eigenvalue weighted by Crippen LogP contribution is -2.06. The third-order valence-corrected chi connectivity index (χ3v) is 3.77. The number of fused-ring (bicyclic) bond motifs is 1. The van der Waals surface area contributed by atoms with Crippen molar-refractivity contribution >= 4 is 22.7 Å². The number of furan rings is 1. The molecule has 0 bridgehead atoms. The predicted octanol–water partition coefficient (Wildman–Crippen LogP) is 3.12. The summed E-state index contributed by atoms with van der Waals surface area (Å²) in [6.45, 7) is -0.723. The number of Topliss-reactive ketones (excluding diaryl/α,β-unsaturated/α-hetero) is 1. The number of carbonyl (C=O) groups is 2. The first kappa shape index (κ1) is 16.7. The summed E-state index contributed by atoms with van der Waals surface area (Å²) in [5, 5.41) is 18.9. The molecule has 3 rings (SSSR count). The lowest BCUT2D eigenvalue weighted by atomic mass is 10.0. The molecule has 0 aliphatic carbocycles. The maximum Gasteiger partial charge on any atom is 0.340 e. The quantitative estimate of drug-likeness (QED) is 0.690. The van der Waals surface area contributed by atoms with Crippen molar-refractivity contribution in [2.24, 2.45) is 0 Å². The van der Waals surface area contributed by atoms with E-state index in [0.29, 0.717) is 5.56 Å². The van der Waals surface area contributed by atoms with Gasteiger partial charge in [0.25, 0.3) is 0 Å². The van der Waals surface area contributed by atoms with Crippen LogP contribution in [0.1, 0.15) is 20.7 Å². The fourth-order valence-electron chi connectivity index (χ4n) is 2.61. The Morgan fingerprint density at radius 3 is 2.44 bits per heavy atom. The number of benzene rings is 2. The van der Waals surface area contributed by atoms with Crippen LogP contribution in [0.3, 0.4) is 0 Å². The zero-order valence-electron chi connectivity index (χ0n) is 13.1. The Balaban J connectivity index is 2.31. The van der Waals surface area contributed by atoms with Gasteiger partial charge in [-0.2, -0.15) is 0 Å². The number of ether oxygens (including phenoxy) is 1. The van der Waals surface area contributed by atoms with Crippen molar-refractivity contribution in [3.63, 3.8) is 0 Å². The van der Waals surface area contributed by atoms with Crippen LogP contribution in [0.25, 0.3) is 22.3 Å². The number of halogens is 1. The van der Waals surface area contributed by atoms with Crippen LogP contribution < -0.4 is 4.74 Å². The normalized spacial score (nSPS) is 10.8. The van der Waals surface area contributed by atoms with Crippen molar-refractivity contribution in [3.8, 4) is 17.1 Å². The lowest BCUT2D eigenvalue weighted by molar-refractivity contribution is 0.0699. The molecular formula is C18H13FO6. The number of carbonyl (C=O) groups excluding carboxylic acids is 1. The summed E-state index contributed by atoms with van der Waals surface area (Å²) < 4.78 is 23.9. The van der Waals surface area contributed by atoms with Crippen LogP contribution >= 0.6 is 0 Å². The summed E-state index contributed by atoms with van der Waals surface area (Å²) >= 11 is 0. The van der Waals surface area contributed by atoms with Gasteiger partial charge in [0.2, 0.25) is 0 Å². The zero-order chi connectivity index (χ0) is 18.1. The van der Waals surface area contributed by atoms with E-state index in [1.807, 2.05) is 0 Å². The molecule has 2 aromatic carbocycles. The second kappa shape index (κ2) is 6.37. The highest BCUT2D eigenvalue weighted by Crippen LogP contribution is 2.37. The number of aromatic carboxylic acids is 1. The van der Waals surface area contributed by atoms with E-state index in [2.05, 4.69) is 0 Å². The fourth-order valence-corrected chi connectivity index (χ4v) is 2.61. The van der Waals surface area contributed by atoms with Gasteiger partial charge < -0.3 is 19.4 Å². The van der Waals surface area contributed by atoms with Crippen LogP contribution in [0.2, 0.25) is 0 Å². The molecule has 0 amide bonds. The molecule has 3 aromatic rings. The predicted molar refractivity (Wildman–Crippen MR) is 86.5 cm³/mol. The van der Waals surface area contributed by atoms with Gasteiger partial charge in [0.15, 0.2) is 5.78 Å². The summed E-state index contributed by atoms with van der Waals surface area (Å²) in [5.74, 6) is -2.12. The third-order valence-electron chi connectivity index (χ3n) is 3.77. The number of rotatable bonds is 5. The minimum Gasteiger partial charge on any atom is -0.496 e. The molecule has 0 spiro atoms. The Labute approximate surface area is 141 Å². The van der Waals surface area contributed by atoms with Gasteiger partial charge in [-0.05, 0) is 36.4 Å². The van der Waals surface area contributed by atoms with Crippen molar-refractivity contribution in [2.75, 3.05) is 13.7 Å². The van der Waals surface area contributed by atoms with Gasteiger partial charge in [0.05, 0.1) is 12.7 Å². The Kier molecular flexibility index (Phi) is 4.24. The average Bonchev–Trinajstić information content (AvgIpc) is 2.98. The molecule has 0 atom stereocenters. The molecule has 7 heteroatoms. The highest BCUT2D eigenvalue weighted by Gasteiger charge is 2.24. The maximum absolute atomic E-state index is 13.1. The van der Waals surface area contributed by atoms with Gasteiger partial charge in [-0.25, -0.2) is 9.18 Å². The minimum atomic E-state index is -1.23. The van der Waals surface area contributed by atoms with E-state index < -0.39 is 24.2 Å². The number of ketones is 1. The molecule has 25 heavy (non-hydrogen) atoms. The topological polar surface area (TPSA) is 97.0 Å². The standard InChI is InChI=1S/C18H13FO6/c1-24-14-7-12-15(6-11(14)13(21)8-20)25-17(16(12)18(22)23)9-2-4-10(19)5-3-9/h2-7,20H,8H2,1H3,(H,22,23). The van der Waals surface area contributed by atoms with Crippen LogP contribution in [0.4, 0.5) is 4.39 Å². The van der Waals surface area contributed by atoms with E-state index in [1.54, 1.807) is 0 Å². The van der Waals surface area contributed by atoms with Gasteiger partial charge in [-0.1, -0.05) is 0 Å². The third kappa shape index (κ3) is 2.85. The Morgan fingerprint density at radius 1 is 1.20 bits per heavy atom. The molecule has 0 radical (unpaired) electrons. The van der Waals surface area contributed by atoms with Crippen molar-refractivity contribution in [1.29, 1.82) is 0 Å². The van der Waals surface area contributed by atoms with Gasteiger partial charge >= 0.3 is 5.97 Å². The summed E-state index contributed by atoms with van der Waals surface area (Å²) in [6, 6.07) is 7.88. The molecule has 0 saturated heterocycles. The van der Waals surface area contributed by atoms with Crippen molar-refractivity contribution in [1.82, 2.24) is 0 Å². The van der Waals surface area contributed by atoms with Crippen LogP contribution in [-0.2, 0) is 0 Å². The summed E-state index contributed by atoms with van der Waals surface area (Å²) in [6.07, 6.45) is 0. The summed E-state index contributed by atoms with van der Waals surface area (Å²) in [4.78, 5) is 23.6. The number of aliphatic hydroxyl groups is 1. The van der Waals surface area contributed by atoms with Gasteiger partial charge in [0, 0.05) is 10.9 Å². The first-order valence-electron chi connectivity index (χ1n) is 7.24. The minimum absolute atomic E-state index is 0.0400. The van der Waals surface area contributed by atoms with Crippen LogP contribution in [-0.4, -0.2) is 35.7 Å². The number of hydrogen-bond donors (Lipinski definition) is 2. The molecule has 0 aliphatic rings. The van der Waals surface area contributed by atoms with Gasteiger partial charge in [0.1, 0.15) is 35.1 Å². The first-order chi connectivity index (χ1) is 12.0. The van der Waals surface area contributed by atoms with Gasteiger partial charge in [-0.15, -0.1) is 0 Å². The molecular weight excluding hydrogens is 331 g/mol. The van der Waals surface area contributed by atoms with E-state index in [1.165, 1.54) is 43.5 Å². The molecule has 0 aliphatic heterocycles. The Bertz CT molecular complexity index is 971. The maximum atomic E-state index is 13.1. The number of carboxylic acids is 1. The van der Waals surface area contributed by atoms with E-state index in [9.17, 15) is 19.1 Å². The number of hydrogen-bond acceptors (Lipinski definition) is 5. The largest absolute Gasteiger partial charge is 0.496 e. The number of methoxy groups -OCH3 is 1. The molecule has 128 valence electrons. The van der Waals surface area contributed by atoms with Crippen LogP contribution in [0.5, 0.6) is 5.75 Å². The van der Waals surface area contributed by atoms with Crippen molar-refractivity contribution in [3.05, 3.63) is 53.3 Å². The molecule has 0 saturated carbocycles. The Morgan fingerprint density at radius 2 is 1.88 bits per heavy atom. The lowest BCUT2D eigenvalue weighted by Gasteiger charge is -2.06. The highest BCUT2D eigenvalue weighted by molar-refractivity contribution is 6.11. The Hall–Kier alpha value is -3.19. The molecule has 6 nitrogen and oxygen atoms in total. The highest BCUT2D eigenvalue weighted by atomic mass is 19.1. The smallest absolute Gasteiger partial charge is 0.340 e. The molecule has 2 N–H and O–H groups in total. The van der Waals surface area contributed by atoms with E-state index in [0.717, 1.165) is 0 Å². The second-order valence-electron chi connectivity index (χ2n) is 5.25. The zero-order valence-corrected chi connectivity index (χ0v) is 13.1. The molecule has 1 aromatic heterocycles. The number of aliphatic hydroxyl groups excluding tert-OH is 1. The second-order valence-corrected chi connectivity index (χ2v) is 5.25. The summed E-state index contributed by atoms with van der Waals surface area (Å²) in [5.41, 5.74) is 0.482. The van der Waals surface area contributed by atoms with E-state index in [4.69, 9.17) is 14.3 Å². The van der Waals surface area contributed by atoms with Crippen molar-refractivity contribution < 1.29 is 33.3 Å². The first-order valence-corrected chi connectivity index (χ1v) is 7.24. The number of carboxylic acid groups (broad SMARTS) is 1. The van der Waals surface area contributed by atoms with E-state index >= 15 is 0 Å². The SMILES string of the molecule is COc1cc2c(C(=O)O)c(-c3ccc(F)cc3)oc2cc1C(=O)CO. The summed E-state index contributed by atoms with van der Waals surface area (Å²) in [7, 11) is 1.33. The van der Waals surface area contributed by atoms with Crippen LogP contribution in [0.15, 0.2) is 40.8 Å². The monoisotopic (exact) mass is 344 g/mol. The average molecular weight is 344 g/mol. The van der Waals surface area contributed by atoms with E-state index in [-0.39, 0.29) is 33.6 Å². The van der Waals surface area contributed by atoms with Gasteiger partial charge in [-0.3, -0.25) is 4.79 Å². The fraction of sp³-hybridized carbons (Fsp3) is 0.111. The molecule has 0 unspecified atom stereocenters. The van der Waals surface area contributed by atoms with Crippen molar-refractivity contribution in [2.45, 2.75) is 0 Å². The molecule has 0 fully saturated rings. The molecule has 1 heterocycles.